The Morgan fingerprint density at radius 3 is 1.47 bits per heavy atom. The molecule has 5 unspecified atom stereocenters. The van der Waals surface area contributed by atoms with E-state index in [0.717, 1.165) is 99.5 Å². The third-order valence-electron chi connectivity index (χ3n) is 14.5. The van der Waals surface area contributed by atoms with Gasteiger partial charge in [-0.25, -0.2) is 12.7 Å². The predicted molar refractivity (Wildman–Crippen MR) is 245 cm³/mol. The quantitative estimate of drug-likeness (QED) is 0.223. The number of hydrogen-bond donors (Lipinski definition) is 1. The van der Waals surface area contributed by atoms with E-state index in [9.17, 15) is 8.42 Å². The number of ether oxygens (including phenoxy) is 1. The van der Waals surface area contributed by atoms with Gasteiger partial charge in [-0.15, -0.1) is 0 Å². The average molecular weight is 824 g/mol. The summed E-state index contributed by atoms with van der Waals surface area (Å²) < 4.78 is 31.2. The van der Waals surface area contributed by atoms with Crippen LogP contribution < -0.4 is 5.32 Å². The molecule has 0 radical (unpaired) electrons. The molecule has 0 aromatic carbocycles. The maximum atomic E-state index is 11.9. The summed E-state index contributed by atoms with van der Waals surface area (Å²) in [5.41, 5.74) is 0. The van der Waals surface area contributed by atoms with Gasteiger partial charge in [0.25, 0.3) is 0 Å². The van der Waals surface area contributed by atoms with Crippen molar-refractivity contribution in [2.75, 3.05) is 78.6 Å². The van der Waals surface area contributed by atoms with Gasteiger partial charge in [0.05, 0.1) is 18.0 Å². The smallest absolute Gasteiger partial charge is 0.216 e. The van der Waals surface area contributed by atoms with Crippen molar-refractivity contribution in [3.8, 4) is 0 Å². The minimum Gasteiger partial charge on any atom is -0.375 e. The summed E-state index contributed by atoms with van der Waals surface area (Å²) in [6.07, 6.45) is 10.5. The van der Waals surface area contributed by atoms with Crippen LogP contribution in [0.1, 0.15) is 148 Å². The molecule has 2 saturated carbocycles. The molecule has 57 heavy (non-hydrogen) atoms. The molecule has 7 aliphatic rings. The summed E-state index contributed by atoms with van der Waals surface area (Å²) in [4.78, 5) is 7.77. The lowest BCUT2D eigenvalue weighted by atomic mass is 9.95. The van der Waals surface area contributed by atoms with Gasteiger partial charge in [-0.05, 0) is 164 Å². The maximum Gasteiger partial charge on any atom is 0.216 e. The zero-order valence-electron chi connectivity index (χ0n) is 40.1. The first-order chi connectivity index (χ1) is 26.8. The number of rotatable bonds is 11. The van der Waals surface area contributed by atoms with Gasteiger partial charge in [0.15, 0.2) is 0 Å². The number of nitrogens with one attached hydrogen (secondary N) is 1. The summed E-state index contributed by atoms with van der Waals surface area (Å²) in [5.74, 6) is 8.45. The first-order valence-corrected chi connectivity index (χ1v) is 25.8. The second-order valence-electron chi connectivity index (χ2n) is 21.5. The van der Waals surface area contributed by atoms with E-state index in [1.807, 2.05) is 0 Å². The van der Waals surface area contributed by atoms with Gasteiger partial charge >= 0.3 is 0 Å². The molecule has 0 aromatic rings. The molecule has 338 valence electrons. The Labute approximate surface area is 355 Å². The highest BCUT2D eigenvalue weighted by Gasteiger charge is 2.43. The van der Waals surface area contributed by atoms with Crippen molar-refractivity contribution in [2.24, 2.45) is 59.2 Å². The molecule has 0 spiro atoms. The average Bonchev–Trinajstić information content (AvgIpc) is 3.82. The molecular weight excluding hydrogens is 727 g/mol. The highest BCUT2D eigenvalue weighted by molar-refractivity contribution is 7.90. The Hall–Kier alpha value is -0.290. The number of morpholine rings is 1. The van der Waals surface area contributed by atoms with Crippen molar-refractivity contribution in [3.63, 3.8) is 0 Å². The largest absolute Gasteiger partial charge is 0.375 e. The molecule has 5 aliphatic heterocycles. The number of hydrogen-bond acceptors (Lipinski definition) is 7. The maximum absolute atomic E-state index is 11.9. The molecular formula is C48H97N5O3S. The summed E-state index contributed by atoms with van der Waals surface area (Å²) in [6, 6.07) is 1.41. The van der Waals surface area contributed by atoms with Crippen molar-refractivity contribution in [1.29, 1.82) is 0 Å². The van der Waals surface area contributed by atoms with Gasteiger partial charge in [0.1, 0.15) is 0 Å². The summed E-state index contributed by atoms with van der Waals surface area (Å²) in [7, 11) is -2.90. The highest BCUT2D eigenvalue weighted by Crippen LogP contribution is 2.35. The Morgan fingerprint density at radius 1 is 0.544 bits per heavy atom. The Bertz CT molecular complexity index is 1150. The summed E-state index contributed by atoms with van der Waals surface area (Å²) in [6.45, 7) is 45.9. The Balaban J connectivity index is 0.000000193. The van der Waals surface area contributed by atoms with Gasteiger partial charge < -0.3 is 19.9 Å². The highest BCUT2D eigenvalue weighted by atomic mass is 32.2. The molecule has 0 amide bonds. The lowest BCUT2D eigenvalue weighted by Gasteiger charge is -2.37. The third-order valence-corrected chi connectivity index (χ3v) is 16.8. The molecule has 7 rings (SSSR count). The normalized spacial score (nSPS) is 29.2. The van der Waals surface area contributed by atoms with Crippen LogP contribution in [0.5, 0.6) is 0 Å². The molecule has 8 nitrogen and oxygen atoms in total. The van der Waals surface area contributed by atoms with E-state index in [0.29, 0.717) is 29.9 Å². The topological polar surface area (TPSA) is 68.4 Å². The van der Waals surface area contributed by atoms with E-state index in [-0.39, 0.29) is 5.25 Å². The van der Waals surface area contributed by atoms with E-state index in [4.69, 9.17) is 4.74 Å². The molecule has 0 bridgehead atoms. The number of sulfonamides is 1. The van der Waals surface area contributed by atoms with Crippen LogP contribution in [0, 0.1) is 59.2 Å². The first kappa shape index (κ1) is 51.1. The van der Waals surface area contributed by atoms with Crippen LogP contribution in [-0.4, -0.2) is 129 Å². The fraction of sp³-hybridized carbons (Fsp3) is 1.00. The second-order valence-corrected chi connectivity index (χ2v) is 23.7. The van der Waals surface area contributed by atoms with Crippen molar-refractivity contribution >= 4 is 10.0 Å². The lowest BCUT2D eigenvalue weighted by Crippen LogP contribution is -2.47. The number of likely N-dealkylation sites (tertiary alicyclic amines) is 2. The van der Waals surface area contributed by atoms with Gasteiger partial charge in [-0.2, -0.15) is 0 Å². The van der Waals surface area contributed by atoms with Crippen LogP contribution in [0.2, 0.25) is 0 Å². The minimum atomic E-state index is -2.90. The van der Waals surface area contributed by atoms with Crippen molar-refractivity contribution in [3.05, 3.63) is 0 Å². The van der Waals surface area contributed by atoms with E-state index in [2.05, 4.69) is 117 Å². The van der Waals surface area contributed by atoms with Crippen LogP contribution in [0.4, 0.5) is 0 Å². The molecule has 2 aliphatic carbocycles. The van der Waals surface area contributed by atoms with Crippen molar-refractivity contribution in [2.45, 2.75) is 172 Å². The molecule has 1 N–H and O–H groups in total. The fourth-order valence-electron chi connectivity index (χ4n) is 8.99. The fourth-order valence-corrected chi connectivity index (χ4v) is 10.9. The molecule has 5 atom stereocenters. The monoisotopic (exact) mass is 824 g/mol. The van der Waals surface area contributed by atoms with Crippen molar-refractivity contribution in [1.82, 2.24) is 24.3 Å². The molecule has 7 fully saturated rings. The van der Waals surface area contributed by atoms with Gasteiger partial charge in [-0.3, -0.25) is 4.90 Å². The molecule has 5 heterocycles. The van der Waals surface area contributed by atoms with E-state index < -0.39 is 10.0 Å². The van der Waals surface area contributed by atoms with E-state index >= 15 is 0 Å². The van der Waals surface area contributed by atoms with Gasteiger partial charge in [0, 0.05) is 57.9 Å². The SMILES string of the molecule is CC(C)C1CCN(C(C)C)C1.CC(C)C1CCN(CC2CC2)C1.CC(C)C1CCN(S(=O)(=O)C2CC2)C1.CC(C)C1CCNC1.CC(C)C1CN(C(C)C)CCO1. The van der Waals surface area contributed by atoms with Gasteiger partial charge in [-0.1, -0.05) is 69.2 Å². The van der Waals surface area contributed by atoms with Crippen LogP contribution in [0.15, 0.2) is 0 Å². The molecule has 9 heteroatoms. The zero-order chi connectivity index (χ0) is 42.4. The molecule has 5 saturated heterocycles. The van der Waals surface area contributed by atoms with Gasteiger partial charge in [0.2, 0.25) is 10.0 Å². The second kappa shape index (κ2) is 25.0. The van der Waals surface area contributed by atoms with E-state index in [1.165, 1.54) is 77.9 Å². The van der Waals surface area contributed by atoms with E-state index in [1.54, 1.807) is 4.31 Å². The number of nitrogens with zero attached hydrogens (tertiary/aromatic N) is 4. The van der Waals surface area contributed by atoms with Crippen LogP contribution >= 0.6 is 0 Å². The lowest BCUT2D eigenvalue weighted by molar-refractivity contribution is -0.0591. The van der Waals surface area contributed by atoms with Crippen LogP contribution in [0.3, 0.4) is 0 Å². The standard InChI is InChI=1S/C11H21N.C10H19NO2S.C10H21NO.C10H21N.C7H15N/c1-9(2)11-5-6-12(8-11)7-10-3-4-10;1-8(2)9-5-6-11(7-9)14(12,13)10-3-4-10;1-8(2)10-7-11(9(3)4)5-6-12-10;1-8(2)10-5-6-11(7-10)9(3)4;1-6(2)7-3-4-8-5-7/h9-11H,3-8H2,1-2H3;8-10H,3-7H2,1-2H3;8-10H,5-7H2,1-4H3;8-10H,5-7H2,1-4H3;6-8H,3-5H2,1-2H3. The van der Waals surface area contributed by atoms with Crippen LogP contribution in [-0.2, 0) is 14.8 Å². The Morgan fingerprint density at radius 2 is 1.07 bits per heavy atom. The predicted octanol–water partition coefficient (Wildman–Crippen LogP) is 9.21. The first-order valence-electron chi connectivity index (χ1n) is 24.3. The Kier molecular flexibility index (Phi) is 22.4. The summed E-state index contributed by atoms with van der Waals surface area (Å²) >= 11 is 0. The minimum absolute atomic E-state index is 0.0339. The van der Waals surface area contributed by atoms with Crippen LogP contribution in [0.25, 0.3) is 0 Å². The zero-order valence-corrected chi connectivity index (χ0v) is 41.0. The molecule has 0 aromatic heterocycles. The van der Waals surface area contributed by atoms with Crippen molar-refractivity contribution < 1.29 is 13.2 Å². The third kappa shape index (κ3) is 18.3. The summed E-state index contributed by atoms with van der Waals surface area (Å²) in [5, 5.41) is 3.32.